The lowest BCUT2D eigenvalue weighted by Crippen LogP contribution is -2.17. The van der Waals surface area contributed by atoms with Gasteiger partial charge in [0.2, 0.25) is 0 Å². The third kappa shape index (κ3) is 3.22. The van der Waals surface area contributed by atoms with Gasteiger partial charge in [-0.15, -0.1) is 0 Å². The Morgan fingerprint density at radius 2 is 1.71 bits per heavy atom. The highest BCUT2D eigenvalue weighted by molar-refractivity contribution is 9.10. The van der Waals surface area contributed by atoms with Gasteiger partial charge in [-0.1, -0.05) is 22.0 Å². The Kier molecular flexibility index (Phi) is 4.30. The van der Waals surface area contributed by atoms with Gasteiger partial charge in [0.15, 0.2) is 0 Å². The fourth-order valence-corrected chi connectivity index (χ4v) is 4.30. The first-order chi connectivity index (χ1) is 9.72. The van der Waals surface area contributed by atoms with Crippen molar-refractivity contribution in [2.24, 2.45) is 0 Å². The van der Waals surface area contributed by atoms with Crippen LogP contribution in [0.5, 0.6) is 0 Å². The molecule has 2 rings (SSSR count). The molecule has 2 aromatic carbocycles. The molecule has 0 bridgehead atoms. The lowest BCUT2D eigenvalue weighted by atomic mass is 10.1. The van der Waals surface area contributed by atoms with Crippen molar-refractivity contribution in [3.63, 3.8) is 0 Å². The third-order valence-corrected chi connectivity index (χ3v) is 5.49. The summed E-state index contributed by atoms with van der Waals surface area (Å²) in [6, 6.07) is 8.81. The van der Waals surface area contributed by atoms with Crippen LogP contribution in [0.3, 0.4) is 0 Å². The summed E-state index contributed by atoms with van der Waals surface area (Å²) >= 11 is 3.36. The first kappa shape index (κ1) is 15.9. The summed E-state index contributed by atoms with van der Waals surface area (Å²) < 4.78 is 28.8. The van der Waals surface area contributed by atoms with Gasteiger partial charge in [-0.3, -0.25) is 4.72 Å². The van der Waals surface area contributed by atoms with E-state index in [1.54, 1.807) is 38.1 Å². The molecule has 0 aliphatic carbocycles. The van der Waals surface area contributed by atoms with E-state index in [2.05, 4.69) is 20.7 Å². The lowest BCUT2D eigenvalue weighted by molar-refractivity contribution is 0.600. The van der Waals surface area contributed by atoms with E-state index in [1.807, 2.05) is 13.0 Å². The minimum Gasteiger partial charge on any atom is -0.398 e. The molecule has 3 N–H and O–H groups in total. The minimum absolute atomic E-state index is 0.241. The molecule has 0 aromatic heterocycles. The van der Waals surface area contributed by atoms with E-state index in [4.69, 9.17) is 5.73 Å². The van der Waals surface area contributed by atoms with Crippen LogP contribution in [0.2, 0.25) is 0 Å². The van der Waals surface area contributed by atoms with Gasteiger partial charge in [-0.05, 0) is 61.7 Å². The van der Waals surface area contributed by atoms with Crippen LogP contribution in [0.15, 0.2) is 39.7 Å². The first-order valence-electron chi connectivity index (χ1n) is 6.37. The molecule has 0 saturated heterocycles. The van der Waals surface area contributed by atoms with E-state index in [9.17, 15) is 8.42 Å². The first-order valence-corrected chi connectivity index (χ1v) is 8.64. The molecule has 0 atom stereocenters. The van der Waals surface area contributed by atoms with Crippen molar-refractivity contribution in [1.29, 1.82) is 0 Å². The number of hydrogen-bond acceptors (Lipinski definition) is 3. The second-order valence-corrected chi connectivity index (χ2v) is 7.53. The molecule has 0 fully saturated rings. The highest BCUT2D eigenvalue weighted by Crippen LogP contribution is 2.28. The molecule has 0 saturated carbocycles. The Morgan fingerprint density at radius 1 is 1.05 bits per heavy atom. The molecule has 4 nitrogen and oxygen atoms in total. The van der Waals surface area contributed by atoms with E-state index in [0.29, 0.717) is 22.5 Å². The van der Waals surface area contributed by atoms with Crippen LogP contribution in [-0.2, 0) is 10.0 Å². The van der Waals surface area contributed by atoms with Crippen molar-refractivity contribution in [3.05, 3.63) is 51.5 Å². The number of rotatable bonds is 3. The molecule has 6 heteroatoms. The number of nitrogens with two attached hydrogens (primary N) is 1. The average molecular weight is 369 g/mol. The lowest BCUT2D eigenvalue weighted by Gasteiger charge is -2.15. The predicted molar refractivity (Wildman–Crippen MR) is 90.0 cm³/mol. The Hall–Kier alpha value is -1.53. The Morgan fingerprint density at radius 3 is 2.33 bits per heavy atom. The van der Waals surface area contributed by atoms with E-state index < -0.39 is 10.0 Å². The van der Waals surface area contributed by atoms with Gasteiger partial charge in [0, 0.05) is 10.2 Å². The van der Waals surface area contributed by atoms with Gasteiger partial charge in [-0.2, -0.15) is 0 Å². The molecular weight excluding hydrogens is 352 g/mol. The largest absolute Gasteiger partial charge is 0.398 e. The maximum atomic E-state index is 12.7. The van der Waals surface area contributed by atoms with Crippen LogP contribution < -0.4 is 10.5 Å². The molecule has 112 valence electrons. The monoisotopic (exact) mass is 368 g/mol. The van der Waals surface area contributed by atoms with Gasteiger partial charge in [0.05, 0.1) is 10.6 Å². The van der Waals surface area contributed by atoms with E-state index in [1.165, 1.54) is 0 Å². The van der Waals surface area contributed by atoms with Crippen molar-refractivity contribution >= 4 is 37.3 Å². The summed E-state index contributed by atoms with van der Waals surface area (Å²) in [4.78, 5) is 0.241. The van der Waals surface area contributed by atoms with E-state index in [-0.39, 0.29) is 4.90 Å². The van der Waals surface area contributed by atoms with Crippen molar-refractivity contribution in [1.82, 2.24) is 0 Å². The van der Waals surface area contributed by atoms with Crippen molar-refractivity contribution < 1.29 is 8.42 Å². The fraction of sp³-hybridized carbons (Fsp3) is 0.200. The van der Waals surface area contributed by atoms with Crippen LogP contribution in [0.4, 0.5) is 11.4 Å². The van der Waals surface area contributed by atoms with Crippen LogP contribution in [0.25, 0.3) is 0 Å². The molecule has 0 radical (unpaired) electrons. The van der Waals surface area contributed by atoms with Crippen LogP contribution in [0, 0.1) is 20.8 Å². The molecule has 0 amide bonds. The van der Waals surface area contributed by atoms with Gasteiger partial charge in [-0.25, -0.2) is 8.42 Å². The number of hydrogen-bond donors (Lipinski definition) is 2. The normalized spacial score (nSPS) is 11.4. The number of sulfonamides is 1. The zero-order valence-corrected chi connectivity index (χ0v) is 14.5. The molecular formula is C15H17BrN2O2S. The second-order valence-electron chi connectivity index (χ2n) is 4.99. The summed E-state index contributed by atoms with van der Waals surface area (Å²) in [6.07, 6.45) is 0. The summed E-state index contributed by atoms with van der Waals surface area (Å²) in [5.41, 5.74) is 8.93. The number of nitrogens with one attached hydrogen (secondary N) is 1. The number of benzene rings is 2. The Bertz CT molecular complexity index is 802. The van der Waals surface area contributed by atoms with Crippen molar-refractivity contribution in [2.75, 3.05) is 10.5 Å². The van der Waals surface area contributed by atoms with E-state index in [0.717, 1.165) is 10.0 Å². The SMILES string of the molecule is Cc1cc(Br)ccc1NS(=O)(=O)c1c(C)ccc(N)c1C. The molecule has 0 spiro atoms. The summed E-state index contributed by atoms with van der Waals surface area (Å²) in [5, 5.41) is 0. The van der Waals surface area contributed by atoms with E-state index >= 15 is 0 Å². The van der Waals surface area contributed by atoms with Crippen LogP contribution in [0.1, 0.15) is 16.7 Å². The smallest absolute Gasteiger partial charge is 0.262 e. The fourth-order valence-electron chi connectivity index (χ4n) is 2.19. The zero-order chi connectivity index (χ0) is 15.8. The number of aryl methyl sites for hydroxylation is 2. The quantitative estimate of drug-likeness (QED) is 0.810. The van der Waals surface area contributed by atoms with Gasteiger partial charge in [0.1, 0.15) is 0 Å². The predicted octanol–water partition coefficient (Wildman–Crippen LogP) is 3.76. The zero-order valence-electron chi connectivity index (χ0n) is 12.1. The Labute approximate surface area is 133 Å². The van der Waals surface area contributed by atoms with Gasteiger partial charge in [0.25, 0.3) is 10.0 Å². The third-order valence-electron chi connectivity index (χ3n) is 3.35. The standard InChI is InChI=1S/C15H17BrN2O2S/c1-9-4-6-13(17)11(3)15(9)21(19,20)18-14-7-5-12(16)8-10(14)2/h4-8,18H,17H2,1-3H3. The summed E-state index contributed by atoms with van der Waals surface area (Å²) in [5.74, 6) is 0. The topological polar surface area (TPSA) is 72.2 Å². The molecule has 0 aliphatic heterocycles. The molecule has 21 heavy (non-hydrogen) atoms. The van der Waals surface area contributed by atoms with Crippen LogP contribution >= 0.6 is 15.9 Å². The van der Waals surface area contributed by atoms with Gasteiger partial charge >= 0.3 is 0 Å². The second kappa shape index (κ2) is 5.69. The summed E-state index contributed by atoms with van der Waals surface area (Å²) in [6.45, 7) is 5.32. The van der Waals surface area contributed by atoms with Gasteiger partial charge < -0.3 is 5.73 Å². The van der Waals surface area contributed by atoms with Crippen molar-refractivity contribution in [2.45, 2.75) is 25.7 Å². The summed E-state index contributed by atoms with van der Waals surface area (Å²) in [7, 11) is -3.68. The number of nitrogen functional groups attached to an aromatic ring is 1. The number of halogens is 1. The maximum Gasteiger partial charge on any atom is 0.262 e. The van der Waals surface area contributed by atoms with Crippen LogP contribution in [-0.4, -0.2) is 8.42 Å². The Balaban J connectivity index is 2.51. The highest BCUT2D eigenvalue weighted by atomic mass is 79.9. The average Bonchev–Trinajstić information content (AvgIpc) is 2.37. The number of anilines is 2. The van der Waals surface area contributed by atoms with Crippen molar-refractivity contribution in [3.8, 4) is 0 Å². The highest BCUT2D eigenvalue weighted by Gasteiger charge is 2.21. The minimum atomic E-state index is -3.68. The molecule has 0 heterocycles. The molecule has 0 aliphatic rings. The molecule has 2 aromatic rings. The molecule has 0 unspecified atom stereocenters. The maximum absolute atomic E-state index is 12.7.